The smallest absolute Gasteiger partial charge is 0.243 e. The second-order valence-electron chi connectivity index (χ2n) is 6.31. The summed E-state index contributed by atoms with van der Waals surface area (Å²) in [6, 6.07) is 13.5. The number of hydrogen-bond acceptors (Lipinski definition) is 4. The lowest BCUT2D eigenvalue weighted by atomic mass is 9.89. The molecule has 3 N–H and O–H groups in total. The molecule has 0 aromatic heterocycles. The van der Waals surface area contributed by atoms with Gasteiger partial charge in [0.05, 0.1) is 0 Å². The highest BCUT2D eigenvalue weighted by atomic mass is 16.3. The van der Waals surface area contributed by atoms with E-state index in [-0.39, 0.29) is 23.3 Å². The molecule has 0 aliphatic heterocycles. The molecule has 2 aromatic carbocycles. The van der Waals surface area contributed by atoms with Crippen molar-refractivity contribution in [2.24, 2.45) is 11.0 Å². The molecule has 1 aliphatic rings. The number of phenolic OH excluding ortho intramolecular Hbond substituents is 2. The number of hydrazone groups is 1. The number of para-hydroxylation sites is 2. The Labute approximate surface area is 147 Å². The van der Waals surface area contributed by atoms with Gasteiger partial charge in [0.15, 0.2) is 0 Å². The molecular formula is C20H22N2O3. The number of phenols is 2. The van der Waals surface area contributed by atoms with Crippen LogP contribution in [0, 0.1) is 5.92 Å². The van der Waals surface area contributed by atoms with Gasteiger partial charge >= 0.3 is 0 Å². The second kappa shape index (κ2) is 7.83. The van der Waals surface area contributed by atoms with Crippen molar-refractivity contribution in [3.63, 3.8) is 0 Å². The van der Waals surface area contributed by atoms with Crippen molar-refractivity contribution < 1.29 is 15.0 Å². The molecular weight excluding hydrogens is 316 g/mol. The van der Waals surface area contributed by atoms with Gasteiger partial charge in [0, 0.05) is 17.0 Å². The number of rotatable bonds is 4. The molecule has 0 heterocycles. The van der Waals surface area contributed by atoms with Crippen molar-refractivity contribution >= 4 is 11.6 Å². The van der Waals surface area contributed by atoms with Gasteiger partial charge in [-0.1, -0.05) is 43.5 Å². The predicted molar refractivity (Wildman–Crippen MR) is 96.6 cm³/mol. The standard InChI is InChI=1S/C20H22N2O3/c23-17-12-6-4-10-15(17)19(16-11-5-7-13-18(16)24)21-22-20(25)14-8-2-1-3-9-14/h4-7,10-14,23-24H,1-3,8-9H2,(H,22,25). The van der Waals surface area contributed by atoms with Crippen molar-refractivity contribution in [1.82, 2.24) is 5.43 Å². The van der Waals surface area contributed by atoms with E-state index in [2.05, 4.69) is 10.5 Å². The summed E-state index contributed by atoms with van der Waals surface area (Å²) in [5.41, 5.74) is 3.87. The van der Waals surface area contributed by atoms with E-state index in [1.54, 1.807) is 48.5 Å². The van der Waals surface area contributed by atoms with Crippen LogP contribution in [-0.2, 0) is 4.79 Å². The number of nitrogens with one attached hydrogen (secondary N) is 1. The zero-order valence-electron chi connectivity index (χ0n) is 14.0. The Morgan fingerprint density at radius 2 is 1.40 bits per heavy atom. The molecule has 0 spiro atoms. The molecule has 0 radical (unpaired) electrons. The third-order valence-corrected chi connectivity index (χ3v) is 4.57. The fourth-order valence-corrected chi connectivity index (χ4v) is 3.18. The van der Waals surface area contributed by atoms with Crippen LogP contribution in [0.5, 0.6) is 11.5 Å². The van der Waals surface area contributed by atoms with Crippen LogP contribution in [0.1, 0.15) is 43.2 Å². The predicted octanol–water partition coefficient (Wildman–Crippen LogP) is 3.55. The van der Waals surface area contributed by atoms with Crippen LogP contribution in [0.25, 0.3) is 0 Å². The number of nitrogens with zero attached hydrogens (tertiary/aromatic N) is 1. The summed E-state index contributed by atoms with van der Waals surface area (Å²) in [6.07, 6.45) is 5.06. The fourth-order valence-electron chi connectivity index (χ4n) is 3.18. The third kappa shape index (κ3) is 3.99. The molecule has 130 valence electrons. The highest BCUT2D eigenvalue weighted by molar-refractivity contribution is 6.16. The minimum Gasteiger partial charge on any atom is -0.507 e. The third-order valence-electron chi connectivity index (χ3n) is 4.57. The topological polar surface area (TPSA) is 81.9 Å². The number of carbonyl (C=O) groups is 1. The zero-order chi connectivity index (χ0) is 17.6. The summed E-state index contributed by atoms with van der Waals surface area (Å²) >= 11 is 0. The van der Waals surface area contributed by atoms with E-state index in [0.717, 1.165) is 25.7 Å². The van der Waals surface area contributed by atoms with Gasteiger partial charge in [-0.05, 0) is 37.1 Å². The fraction of sp³-hybridized carbons (Fsp3) is 0.300. The van der Waals surface area contributed by atoms with Crippen LogP contribution in [0.4, 0.5) is 0 Å². The molecule has 3 rings (SSSR count). The van der Waals surface area contributed by atoms with Crippen LogP contribution in [-0.4, -0.2) is 21.8 Å². The van der Waals surface area contributed by atoms with Crippen LogP contribution in [0.15, 0.2) is 53.6 Å². The molecule has 0 atom stereocenters. The Morgan fingerprint density at radius 1 is 0.880 bits per heavy atom. The van der Waals surface area contributed by atoms with E-state index in [9.17, 15) is 15.0 Å². The Bertz CT molecular complexity index is 733. The summed E-state index contributed by atoms with van der Waals surface area (Å²) in [5.74, 6) is -0.0524. The summed E-state index contributed by atoms with van der Waals surface area (Å²) in [5, 5.41) is 24.6. The molecule has 5 nitrogen and oxygen atoms in total. The number of benzene rings is 2. The minimum atomic E-state index is -0.108. The van der Waals surface area contributed by atoms with Gasteiger partial charge in [-0.15, -0.1) is 0 Å². The summed E-state index contributed by atoms with van der Waals surface area (Å²) in [7, 11) is 0. The molecule has 0 bridgehead atoms. The van der Waals surface area contributed by atoms with E-state index < -0.39 is 0 Å². The van der Waals surface area contributed by atoms with E-state index >= 15 is 0 Å². The quantitative estimate of drug-likeness (QED) is 0.589. The molecule has 1 amide bonds. The normalized spacial score (nSPS) is 14.7. The van der Waals surface area contributed by atoms with Crippen molar-refractivity contribution in [3.05, 3.63) is 59.7 Å². The maximum atomic E-state index is 12.4. The maximum Gasteiger partial charge on any atom is 0.243 e. The highest BCUT2D eigenvalue weighted by Crippen LogP contribution is 2.26. The van der Waals surface area contributed by atoms with E-state index in [1.165, 1.54) is 6.42 Å². The van der Waals surface area contributed by atoms with Crippen LogP contribution in [0.3, 0.4) is 0 Å². The van der Waals surface area contributed by atoms with Crippen molar-refractivity contribution in [2.75, 3.05) is 0 Å². The van der Waals surface area contributed by atoms with Crippen LogP contribution >= 0.6 is 0 Å². The molecule has 25 heavy (non-hydrogen) atoms. The number of amides is 1. The van der Waals surface area contributed by atoms with Gasteiger partial charge in [0.2, 0.25) is 5.91 Å². The lowest BCUT2D eigenvalue weighted by Gasteiger charge is -2.19. The van der Waals surface area contributed by atoms with E-state index in [1.807, 2.05) is 0 Å². The number of hydrogen-bond donors (Lipinski definition) is 3. The van der Waals surface area contributed by atoms with Crippen molar-refractivity contribution in [2.45, 2.75) is 32.1 Å². The average Bonchev–Trinajstić information content (AvgIpc) is 2.65. The van der Waals surface area contributed by atoms with Crippen LogP contribution in [0.2, 0.25) is 0 Å². The van der Waals surface area contributed by atoms with Crippen molar-refractivity contribution in [1.29, 1.82) is 0 Å². The van der Waals surface area contributed by atoms with E-state index in [4.69, 9.17) is 0 Å². The Morgan fingerprint density at radius 3 is 1.92 bits per heavy atom. The zero-order valence-corrected chi connectivity index (χ0v) is 14.0. The first kappa shape index (κ1) is 17.0. The second-order valence-corrected chi connectivity index (χ2v) is 6.31. The average molecular weight is 338 g/mol. The molecule has 1 saturated carbocycles. The molecule has 0 saturated heterocycles. The minimum absolute atomic E-state index is 0.0208. The molecule has 1 aliphatic carbocycles. The summed E-state index contributed by atoms with van der Waals surface area (Å²) < 4.78 is 0. The first-order chi connectivity index (χ1) is 12.2. The van der Waals surface area contributed by atoms with Gasteiger partial charge < -0.3 is 10.2 Å². The number of carbonyl (C=O) groups excluding carboxylic acids is 1. The van der Waals surface area contributed by atoms with Gasteiger partial charge in [-0.3, -0.25) is 4.79 Å². The first-order valence-electron chi connectivity index (χ1n) is 8.61. The lowest BCUT2D eigenvalue weighted by Crippen LogP contribution is -2.29. The Balaban J connectivity index is 1.92. The highest BCUT2D eigenvalue weighted by Gasteiger charge is 2.22. The summed E-state index contributed by atoms with van der Waals surface area (Å²) in [4.78, 5) is 12.4. The van der Waals surface area contributed by atoms with Gasteiger partial charge in [-0.2, -0.15) is 5.10 Å². The molecule has 1 fully saturated rings. The van der Waals surface area contributed by atoms with E-state index in [0.29, 0.717) is 16.8 Å². The summed E-state index contributed by atoms with van der Waals surface area (Å²) in [6.45, 7) is 0. The van der Waals surface area contributed by atoms with Crippen molar-refractivity contribution in [3.8, 4) is 11.5 Å². The Kier molecular flexibility index (Phi) is 5.33. The van der Waals surface area contributed by atoms with Crippen LogP contribution < -0.4 is 5.43 Å². The molecule has 5 heteroatoms. The van der Waals surface area contributed by atoms with Gasteiger partial charge in [0.25, 0.3) is 0 Å². The molecule has 0 unspecified atom stereocenters. The van der Waals surface area contributed by atoms with Gasteiger partial charge in [0.1, 0.15) is 17.2 Å². The maximum absolute atomic E-state index is 12.4. The largest absolute Gasteiger partial charge is 0.507 e. The lowest BCUT2D eigenvalue weighted by molar-refractivity contribution is -0.125. The molecule has 2 aromatic rings. The monoisotopic (exact) mass is 338 g/mol. The van der Waals surface area contributed by atoms with Gasteiger partial charge in [-0.25, -0.2) is 5.43 Å². The number of aromatic hydroxyl groups is 2. The Hall–Kier alpha value is -2.82. The first-order valence-corrected chi connectivity index (χ1v) is 8.61. The SMILES string of the molecule is O=C(NN=C(c1ccccc1O)c1ccccc1O)C1CCCCC1.